The maximum absolute atomic E-state index is 14.1. The number of halogens is 1. The fraction of sp³-hybridized carbons (Fsp3) is 0.462. The molecule has 0 aromatic heterocycles. The van der Waals surface area contributed by atoms with E-state index in [1.807, 2.05) is 0 Å². The molecule has 0 radical (unpaired) electrons. The van der Waals surface area contributed by atoms with Gasteiger partial charge in [-0.2, -0.15) is 0 Å². The summed E-state index contributed by atoms with van der Waals surface area (Å²) in [5.41, 5.74) is 0.849. The third-order valence-electron chi connectivity index (χ3n) is 3.70. The Kier molecular flexibility index (Phi) is 3.89. The van der Waals surface area contributed by atoms with Crippen LogP contribution in [0.5, 0.6) is 0 Å². The minimum absolute atomic E-state index is 0.0308. The highest BCUT2D eigenvalue weighted by Gasteiger charge is 2.32. The van der Waals surface area contributed by atoms with Gasteiger partial charge < -0.3 is 15.2 Å². The number of hydrogen-bond acceptors (Lipinski definition) is 5. The monoisotopic (exact) mass is 330 g/mol. The number of carbonyl (C=O) groups excluding carboxylic acids is 1. The molecule has 0 unspecified atom stereocenters. The number of benzene rings is 1. The second kappa shape index (κ2) is 5.58. The molecule has 2 aliphatic heterocycles. The fourth-order valence-corrected chi connectivity index (χ4v) is 3.87. The molecule has 7 nitrogen and oxygen atoms in total. The summed E-state index contributed by atoms with van der Waals surface area (Å²) in [6, 6.07) is 1.41. The highest BCUT2D eigenvalue weighted by atomic mass is 32.2. The van der Waals surface area contributed by atoms with Gasteiger partial charge in [0.25, 0.3) is 0 Å². The van der Waals surface area contributed by atoms with Gasteiger partial charge in [-0.05, 0) is 24.1 Å². The number of aliphatic hydroxyl groups is 1. The topological polar surface area (TPSA) is 105 Å². The van der Waals surface area contributed by atoms with Gasteiger partial charge in [-0.25, -0.2) is 17.5 Å². The number of aliphatic hydroxyl groups excluding tert-OH is 1. The van der Waals surface area contributed by atoms with Crippen molar-refractivity contribution in [1.82, 2.24) is 4.72 Å². The summed E-state index contributed by atoms with van der Waals surface area (Å²) < 4.78 is 45.9. The van der Waals surface area contributed by atoms with Crippen LogP contribution in [0.1, 0.15) is 12.0 Å². The van der Waals surface area contributed by atoms with Gasteiger partial charge in [0, 0.05) is 12.1 Å². The van der Waals surface area contributed by atoms with E-state index in [1.165, 1.54) is 6.07 Å². The number of ether oxygens (including phenoxy) is 1. The quantitative estimate of drug-likeness (QED) is 0.709. The molecule has 0 saturated carbocycles. The van der Waals surface area contributed by atoms with Crippen molar-refractivity contribution >= 4 is 21.6 Å². The SMILES string of the molecule is O=C1CCc2cc(S(=O)(=O)N[C@H]3COC[C@H]3O)c(F)cc2N1. The van der Waals surface area contributed by atoms with Crippen LogP contribution in [0, 0.1) is 5.82 Å². The molecule has 1 amide bonds. The first-order valence-corrected chi connectivity index (χ1v) is 8.25. The second-order valence-electron chi connectivity index (χ2n) is 5.32. The van der Waals surface area contributed by atoms with E-state index in [2.05, 4.69) is 10.0 Å². The molecule has 3 rings (SSSR count). The Labute approximate surface area is 126 Å². The van der Waals surface area contributed by atoms with Crippen molar-refractivity contribution in [2.75, 3.05) is 18.5 Å². The van der Waals surface area contributed by atoms with Gasteiger partial charge in [-0.15, -0.1) is 0 Å². The molecular weight excluding hydrogens is 315 g/mol. The molecule has 120 valence electrons. The molecule has 0 bridgehead atoms. The van der Waals surface area contributed by atoms with Crippen LogP contribution in [0.25, 0.3) is 0 Å². The number of rotatable bonds is 3. The van der Waals surface area contributed by atoms with Crippen LogP contribution in [0.3, 0.4) is 0 Å². The van der Waals surface area contributed by atoms with Crippen LogP contribution in [0.2, 0.25) is 0 Å². The van der Waals surface area contributed by atoms with Crippen LogP contribution >= 0.6 is 0 Å². The summed E-state index contributed by atoms with van der Waals surface area (Å²) in [5, 5.41) is 12.1. The smallest absolute Gasteiger partial charge is 0.243 e. The molecule has 1 aromatic rings. The highest BCUT2D eigenvalue weighted by molar-refractivity contribution is 7.89. The van der Waals surface area contributed by atoms with Crippen LogP contribution in [0.15, 0.2) is 17.0 Å². The molecule has 2 aliphatic rings. The van der Waals surface area contributed by atoms with Gasteiger partial charge in [0.1, 0.15) is 10.7 Å². The summed E-state index contributed by atoms with van der Waals surface area (Å²) in [4.78, 5) is 10.8. The normalized spacial score (nSPS) is 24.9. The Balaban J connectivity index is 1.92. The second-order valence-corrected chi connectivity index (χ2v) is 7.00. The molecule has 2 heterocycles. The van der Waals surface area contributed by atoms with E-state index in [-0.39, 0.29) is 31.2 Å². The minimum Gasteiger partial charge on any atom is -0.389 e. The molecule has 3 N–H and O–H groups in total. The van der Waals surface area contributed by atoms with Crippen molar-refractivity contribution in [1.29, 1.82) is 0 Å². The van der Waals surface area contributed by atoms with Crippen molar-refractivity contribution in [3.63, 3.8) is 0 Å². The van der Waals surface area contributed by atoms with Crippen molar-refractivity contribution in [2.45, 2.75) is 29.9 Å². The van der Waals surface area contributed by atoms with Gasteiger partial charge in [-0.1, -0.05) is 0 Å². The standard InChI is InChI=1S/C13H15FN2O5S/c14-8-4-9-7(1-2-13(18)15-9)3-12(8)22(19,20)16-10-5-21-6-11(10)17/h3-4,10-11,16-17H,1-2,5-6H2,(H,15,18)/t10-,11+/m0/s1. The summed E-state index contributed by atoms with van der Waals surface area (Å²) in [5.74, 6) is -1.19. The summed E-state index contributed by atoms with van der Waals surface area (Å²) in [6.07, 6.45) is -0.394. The van der Waals surface area contributed by atoms with E-state index in [0.717, 1.165) is 6.07 Å². The van der Waals surface area contributed by atoms with E-state index >= 15 is 0 Å². The van der Waals surface area contributed by atoms with Crippen molar-refractivity contribution < 1.29 is 27.4 Å². The number of hydrogen-bond donors (Lipinski definition) is 3. The van der Waals surface area contributed by atoms with Gasteiger partial charge in [0.15, 0.2) is 0 Å². The van der Waals surface area contributed by atoms with Crippen molar-refractivity contribution in [3.8, 4) is 0 Å². The number of nitrogens with one attached hydrogen (secondary N) is 2. The Hall–Kier alpha value is -1.55. The van der Waals surface area contributed by atoms with Gasteiger partial charge in [0.05, 0.1) is 25.4 Å². The molecule has 1 saturated heterocycles. The predicted octanol–water partition coefficient (Wildman–Crippen LogP) is -0.252. The largest absolute Gasteiger partial charge is 0.389 e. The Bertz CT molecular complexity index is 721. The molecule has 1 aromatic carbocycles. The fourth-order valence-electron chi connectivity index (χ4n) is 2.50. The molecular formula is C13H15FN2O5S. The zero-order valence-electron chi connectivity index (χ0n) is 11.5. The number of sulfonamides is 1. The molecule has 22 heavy (non-hydrogen) atoms. The highest BCUT2D eigenvalue weighted by Crippen LogP contribution is 2.28. The zero-order chi connectivity index (χ0) is 15.9. The Morgan fingerprint density at radius 3 is 2.77 bits per heavy atom. The van der Waals surface area contributed by atoms with Crippen LogP contribution in [-0.2, 0) is 26.0 Å². The molecule has 0 spiro atoms. The van der Waals surface area contributed by atoms with E-state index in [4.69, 9.17) is 4.74 Å². The summed E-state index contributed by atoms with van der Waals surface area (Å²) in [6.45, 7) is 0.0644. The predicted molar refractivity (Wildman–Crippen MR) is 74.3 cm³/mol. The lowest BCUT2D eigenvalue weighted by Gasteiger charge is -2.20. The molecule has 2 atom stereocenters. The first kappa shape index (κ1) is 15.3. The van der Waals surface area contributed by atoms with Gasteiger partial charge in [-0.3, -0.25) is 4.79 Å². The maximum atomic E-state index is 14.1. The van der Waals surface area contributed by atoms with Crippen molar-refractivity contribution in [2.24, 2.45) is 0 Å². The average Bonchev–Trinajstić information content (AvgIpc) is 2.82. The zero-order valence-corrected chi connectivity index (χ0v) is 12.3. The molecule has 9 heteroatoms. The molecule has 1 fully saturated rings. The number of amides is 1. The first-order chi connectivity index (χ1) is 10.4. The lowest BCUT2D eigenvalue weighted by Crippen LogP contribution is -2.42. The maximum Gasteiger partial charge on any atom is 0.243 e. The molecule has 0 aliphatic carbocycles. The Morgan fingerprint density at radius 2 is 2.09 bits per heavy atom. The third kappa shape index (κ3) is 2.84. The Morgan fingerprint density at radius 1 is 1.32 bits per heavy atom. The van der Waals surface area contributed by atoms with Crippen LogP contribution < -0.4 is 10.0 Å². The average molecular weight is 330 g/mol. The number of fused-ring (bicyclic) bond motifs is 1. The van der Waals surface area contributed by atoms with Crippen LogP contribution in [0.4, 0.5) is 10.1 Å². The summed E-state index contributed by atoms with van der Waals surface area (Å²) >= 11 is 0. The number of aryl methyl sites for hydroxylation is 1. The first-order valence-electron chi connectivity index (χ1n) is 6.77. The van der Waals surface area contributed by atoms with E-state index in [9.17, 15) is 22.7 Å². The van der Waals surface area contributed by atoms with E-state index in [1.54, 1.807) is 0 Å². The van der Waals surface area contributed by atoms with Gasteiger partial charge in [0.2, 0.25) is 15.9 Å². The lowest BCUT2D eigenvalue weighted by molar-refractivity contribution is -0.116. The number of anilines is 1. The van der Waals surface area contributed by atoms with E-state index in [0.29, 0.717) is 12.0 Å². The summed E-state index contributed by atoms with van der Waals surface area (Å²) in [7, 11) is -4.13. The lowest BCUT2D eigenvalue weighted by atomic mass is 10.0. The minimum atomic E-state index is -4.13. The number of carbonyl (C=O) groups is 1. The van der Waals surface area contributed by atoms with Crippen LogP contribution in [-0.4, -0.2) is 44.8 Å². The third-order valence-corrected chi connectivity index (χ3v) is 5.20. The van der Waals surface area contributed by atoms with Crippen molar-refractivity contribution in [3.05, 3.63) is 23.5 Å². The van der Waals surface area contributed by atoms with E-state index < -0.39 is 32.9 Å². The van der Waals surface area contributed by atoms with Gasteiger partial charge >= 0.3 is 0 Å².